The molecule has 2 aromatic heterocycles. The molecule has 3 heterocycles. The number of piperidine rings is 1. The third-order valence-corrected chi connectivity index (χ3v) is 5.28. The summed E-state index contributed by atoms with van der Waals surface area (Å²) in [5, 5.41) is 8.92. The van der Waals surface area contributed by atoms with Gasteiger partial charge in [-0.2, -0.15) is 0 Å². The molecule has 8 heteroatoms. The maximum atomic E-state index is 6.15. The van der Waals surface area contributed by atoms with Crippen molar-refractivity contribution in [3.8, 4) is 0 Å². The summed E-state index contributed by atoms with van der Waals surface area (Å²) in [6.45, 7) is 2.36. The number of nitrogens with zero attached hydrogens (tertiary/aromatic N) is 4. The van der Waals surface area contributed by atoms with Gasteiger partial charge in [0, 0.05) is 41.5 Å². The fourth-order valence-corrected chi connectivity index (χ4v) is 3.59. The Balaban J connectivity index is 1.29. The summed E-state index contributed by atoms with van der Waals surface area (Å²) in [5.74, 6) is 2.42. The lowest BCUT2D eigenvalue weighted by Crippen LogP contribution is -2.33. The molecule has 1 aliphatic heterocycles. The number of anilines is 2. The van der Waals surface area contributed by atoms with Crippen molar-refractivity contribution in [3.63, 3.8) is 0 Å². The lowest BCUT2D eigenvalue weighted by molar-refractivity contribution is 0.0885. The van der Waals surface area contributed by atoms with Gasteiger partial charge in [-0.05, 0) is 37.1 Å². The number of aromatic nitrogens is 3. The zero-order valence-electron chi connectivity index (χ0n) is 15.4. The maximum absolute atomic E-state index is 6.15. The van der Waals surface area contributed by atoms with Gasteiger partial charge in [0.15, 0.2) is 0 Å². The van der Waals surface area contributed by atoms with Crippen LogP contribution in [0.3, 0.4) is 0 Å². The highest BCUT2D eigenvalue weighted by Crippen LogP contribution is 2.29. The average Bonchev–Trinajstić information content (AvgIpc) is 3.20. The molecule has 0 unspecified atom stereocenters. The molecule has 1 aliphatic rings. The van der Waals surface area contributed by atoms with E-state index in [1.165, 1.54) is 0 Å². The topological polar surface area (TPSA) is 90.3 Å². The van der Waals surface area contributed by atoms with Crippen molar-refractivity contribution < 1.29 is 9.15 Å². The number of hydrogen-bond acceptors (Lipinski definition) is 7. The summed E-state index contributed by atoms with van der Waals surface area (Å²) in [6.07, 6.45) is 3.73. The van der Waals surface area contributed by atoms with E-state index in [2.05, 4.69) is 20.1 Å². The second-order valence-electron chi connectivity index (χ2n) is 6.78. The van der Waals surface area contributed by atoms with Gasteiger partial charge in [-0.25, -0.2) is 4.98 Å². The smallest absolute Gasteiger partial charge is 0.242 e. The number of benzene rings is 1. The molecule has 0 atom stereocenters. The molecule has 28 heavy (non-hydrogen) atoms. The molecule has 0 spiro atoms. The zero-order chi connectivity index (χ0) is 19.3. The van der Waals surface area contributed by atoms with Crippen LogP contribution in [0.5, 0.6) is 0 Å². The van der Waals surface area contributed by atoms with Crippen LogP contribution in [0.4, 0.5) is 11.5 Å². The molecule has 1 aromatic carbocycles. The molecule has 2 N–H and O–H groups in total. The predicted molar refractivity (Wildman–Crippen MR) is 107 cm³/mol. The van der Waals surface area contributed by atoms with Crippen LogP contribution < -0.4 is 10.6 Å². The van der Waals surface area contributed by atoms with E-state index in [0.717, 1.165) is 37.3 Å². The molecular formula is C20H22ClN5O2. The van der Waals surface area contributed by atoms with E-state index < -0.39 is 0 Å². The lowest BCUT2D eigenvalue weighted by Gasteiger charge is -2.31. The molecule has 0 bridgehead atoms. The van der Waals surface area contributed by atoms with Crippen LogP contribution >= 0.6 is 11.6 Å². The van der Waals surface area contributed by atoms with E-state index >= 15 is 0 Å². The standard InChI is InChI=1S/C20H22ClN5O2/c21-16-4-3-5-17(22)15(16)12-27-13-19-24-25-20(28-19)14-7-10-26(11-8-14)18-6-1-2-9-23-18/h1-6,9,14H,7-8,10-13,22H2. The van der Waals surface area contributed by atoms with E-state index in [9.17, 15) is 0 Å². The Labute approximate surface area is 168 Å². The molecule has 1 fully saturated rings. The van der Waals surface area contributed by atoms with Crippen molar-refractivity contribution in [3.05, 3.63) is 65.0 Å². The number of pyridine rings is 1. The molecule has 4 rings (SSSR count). The first-order valence-corrected chi connectivity index (χ1v) is 9.67. The van der Waals surface area contributed by atoms with Gasteiger partial charge in [0.1, 0.15) is 12.4 Å². The van der Waals surface area contributed by atoms with Gasteiger partial charge in [0.05, 0.1) is 6.61 Å². The van der Waals surface area contributed by atoms with E-state index in [1.807, 2.05) is 30.5 Å². The first-order chi connectivity index (χ1) is 13.7. The quantitative estimate of drug-likeness (QED) is 0.630. The van der Waals surface area contributed by atoms with Crippen LogP contribution in [0.2, 0.25) is 5.02 Å². The van der Waals surface area contributed by atoms with Gasteiger partial charge in [0.25, 0.3) is 0 Å². The molecule has 0 saturated carbocycles. The molecule has 3 aromatic rings. The van der Waals surface area contributed by atoms with Crippen LogP contribution in [-0.4, -0.2) is 28.3 Å². The van der Waals surface area contributed by atoms with Crippen molar-refractivity contribution in [2.45, 2.75) is 32.0 Å². The van der Waals surface area contributed by atoms with Gasteiger partial charge < -0.3 is 19.8 Å². The number of hydrogen-bond donors (Lipinski definition) is 1. The Morgan fingerprint density at radius 3 is 2.71 bits per heavy atom. The van der Waals surface area contributed by atoms with E-state index in [-0.39, 0.29) is 12.5 Å². The predicted octanol–water partition coefficient (Wildman–Crippen LogP) is 3.80. The highest BCUT2D eigenvalue weighted by Gasteiger charge is 2.25. The summed E-state index contributed by atoms with van der Waals surface area (Å²) >= 11 is 6.15. The lowest BCUT2D eigenvalue weighted by atomic mass is 9.97. The molecule has 0 radical (unpaired) electrons. The minimum atomic E-state index is 0.227. The summed E-state index contributed by atoms with van der Waals surface area (Å²) in [6, 6.07) is 11.4. The van der Waals surface area contributed by atoms with Crippen LogP contribution in [0, 0.1) is 0 Å². The molecule has 7 nitrogen and oxygen atoms in total. The Kier molecular flexibility index (Phi) is 5.73. The summed E-state index contributed by atoms with van der Waals surface area (Å²) in [4.78, 5) is 6.70. The number of ether oxygens (including phenoxy) is 1. The number of nitrogen functional groups attached to an aromatic ring is 1. The minimum Gasteiger partial charge on any atom is -0.422 e. The highest BCUT2D eigenvalue weighted by atomic mass is 35.5. The summed E-state index contributed by atoms with van der Waals surface area (Å²) in [5.41, 5.74) is 7.31. The van der Waals surface area contributed by atoms with Gasteiger partial charge in [-0.1, -0.05) is 23.7 Å². The van der Waals surface area contributed by atoms with E-state index in [0.29, 0.717) is 29.1 Å². The monoisotopic (exact) mass is 399 g/mol. The van der Waals surface area contributed by atoms with E-state index in [1.54, 1.807) is 12.1 Å². The second-order valence-corrected chi connectivity index (χ2v) is 7.19. The Morgan fingerprint density at radius 2 is 1.96 bits per heavy atom. The summed E-state index contributed by atoms with van der Waals surface area (Å²) in [7, 11) is 0. The van der Waals surface area contributed by atoms with Crippen molar-refractivity contribution in [2.75, 3.05) is 23.7 Å². The Bertz CT molecular complexity index is 890. The number of nitrogens with two attached hydrogens (primary N) is 1. The number of halogens is 1. The normalized spacial score (nSPS) is 15.1. The van der Waals surface area contributed by atoms with Crippen LogP contribution in [0.25, 0.3) is 0 Å². The Morgan fingerprint density at radius 1 is 1.11 bits per heavy atom. The van der Waals surface area contributed by atoms with E-state index in [4.69, 9.17) is 26.5 Å². The van der Waals surface area contributed by atoms with Gasteiger partial charge in [-0.3, -0.25) is 0 Å². The van der Waals surface area contributed by atoms with Crippen LogP contribution in [0.1, 0.15) is 36.1 Å². The minimum absolute atomic E-state index is 0.227. The van der Waals surface area contributed by atoms with Gasteiger partial charge in [0.2, 0.25) is 11.8 Å². The van der Waals surface area contributed by atoms with Crippen molar-refractivity contribution >= 4 is 23.1 Å². The third kappa shape index (κ3) is 4.26. The second kappa shape index (κ2) is 8.58. The molecule has 0 amide bonds. The average molecular weight is 400 g/mol. The maximum Gasteiger partial charge on any atom is 0.242 e. The fraction of sp³-hybridized carbons (Fsp3) is 0.350. The van der Waals surface area contributed by atoms with Crippen molar-refractivity contribution in [1.29, 1.82) is 0 Å². The van der Waals surface area contributed by atoms with Crippen molar-refractivity contribution in [2.24, 2.45) is 0 Å². The molecule has 0 aliphatic carbocycles. The largest absolute Gasteiger partial charge is 0.422 e. The number of rotatable bonds is 6. The first-order valence-electron chi connectivity index (χ1n) is 9.29. The fourth-order valence-electron chi connectivity index (χ4n) is 3.35. The van der Waals surface area contributed by atoms with Gasteiger partial charge >= 0.3 is 0 Å². The zero-order valence-corrected chi connectivity index (χ0v) is 16.2. The first kappa shape index (κ1) is 18.7. The molecule has 146 valence electrons. The third-order valence-electron chi connectivity index (χ3n) is 4.93. The van der Waals surface area contributed by atoms with Crippen LogP contribution in [-0.2, 0) is 18.0 Å². The SMILES string of the molecule is Nc1cccc(Cl)c1COCc1nnc(C2CCN(c3ccccn3)CC2)o1. The molecule has 1 saturated heterocycles. The molecular weight excluding hydrogens is 378 g/mol. The van der Waals surface area contributed by atoms with Crippen molar-refractivity contribution in [1.82, 2.24) is 15.2 Å². The van der Waals surface area contributed by atoms with Gasteiger partial charge in [-0.15, -0.1) is 10.2 Å². The highest BCUT2D eigenvalue weighted by molar-refractivity contribution is 6.31. The summed E-state index contributed by atoms with van der Waals surface area (Å²) < 4.78 is 11.5. The van der Waals surface area contributed by atoms with Crippen LogP contribution in [0.15, 0.2) is 47.0 Å². The Hall–Kier alpha value is -2.64.